The molecule has 1 saturated carbocycles. The van der Waals surface area contributed by atoms with Gasteiger partial charge >= 0.3 is 0 Å². The molecule has 138 valence electrons. The maximum atomic E-state index is 5.59. The number of hydrogen-bond donors (Lipinski definition) is 0. The summed E-state index contributed by atoms with van der Waals surface area (Å²) in [4.78, 5) is 7.14. The Morgan fingerprint density at radius 3 is 2.56 bits per heavy atom. The average molecular weight is 362 g/mol. The van der Waals surface area contributed by atoms with E-state index >= 15 is 0 Å². The highest BCUT2D eigenvalue weighted by Gasteiger charge is 2.32. The molecule has 5 rings (SSSR count). The molecule has 27 heavy (non-hydrogen) atoms. The number of ether oxygens (including phenoxy) is 2. The van der Waals surface area contributed by atoms with E-state index in [-0.39, 0.29) is 12.8 Å². The lowest BCUT2D eigenvalue weighted by Gasteiger charge is -2.24. The Balaban J connectivity index is 1.64. The molecule has 3 aromatic rings. The van der Waals surface area contributed by atoms with E-state index in [2.05, 4.69) is 37.2 Å². The predicted molar refractivity (Wildman–Crippen MR) is 101 cm³/mol. The van der Waals surface area contributed by atoms with Crippen LogP contribution in [0.4, 0.5) is 0 Å². The van der Waals surface area contributed by atoms with Gasteiger partial charge in [-0.3, -0.25) is 4.90 Å². The molecule has 2 aromatic carbocycles. The first kappa shape index (κ1) is 16.3. The molecule has 0 radical (unpaired) electrons. The number of para-hydroxylation sites is 1. The van der Waals surface area contributed by atoms with E-state index in [1.807, 2.05) is 35.0 Å². The van der Waals surface area contributed by atoms with Crippen molar-refractivity contribution in [3.05, 3.63) is 65.7 Å². The summed E-state index contributed by atoms with van der Waals surface area (Å²) < 4.78 is 13.0. The molecule has 0 bridgehead atoms. The Hall–Kier alpha value is -2.86. The van der Waals surface area contributed by atoms with Crippen LogP contribution in [0.5, 0.6) is 11.5 Å². The number of nitrogens with zero attached hydrogens (tertiary/aromatic N) is 4. The van der Waals surface area contributed by atoms with Crippen LogP contribution < -0.4 is 9.47 Å². The summed E-state index contributed by atoms with van der Waals surface area (Å²) in [5, 5.41) is 4.87. The van der Waals surface area contributed by atoms with Crippen molar-refractivity contribution < 1.29 is 9.47 Å². The van der Waals surface area contributed by atoms with Gasteiger partial charge in [-0.05, 0) is 56.8 Å². The zero-order valence-corrected chi connectivity index (χ0v) is 15.5. The summed E-state index contributed by atoms with van der Waals surface area (Å²) >= 11 is 0. The second kappa shape index (κ2) is 6.39. The summed E-state index contributed by atoms with van der Waals surface area (Å²) in [7, 11) is 4.13. The normalized spacial score (nSPS) is 16.7. The van der Waals surface area contributed by atoms with Gasteiger partial charge in [0.25, 0.3) is 0 Å². The Kier molecular flexibility index (Phi) is 3.86. The minimum atomic E-state index is -0.0419. The van der Waals surface area contributed by atoms with Gasteiger partial charge in [0.1, 0.15) is 0 Å². The van der Waals surface area contributed by atoms with Crippen LogP contribution in [0, 0.1) is 0 Å². The summed E-state index contributed by atoms with van der Waals surface area (Å²) in [5.74, 6) is 3.94. The highest BCUT2D eigenvalue weighted by atomic mass is 16.7. The first-order chi connectivity index (χ1) is 13.2. The molecule has 1 fully saturated rings. The van der Waals surface area contributed by atoms with E-state index in [0.29, 0.717) is 5.92 Å². The largest absolute Gasteiger partial charge is 0.454 e. The molecule has 6 nitrogen and oxygen atoms in total. The van der Waals surface area contributed by atoms with Crippen LogP contribution >= 0.6 is 0 Å². The fraction of sp³-hybridized carbons (Fsp3) is 0.333. The van der Waals surface area contributed by atoms with Crippen molar-refractivity contribution in [1.29, 1.82) is 0 Å². The van der Waals surface area contributed by atoms with E-state index in [4.69, 9.17) is 19.6 Å². The molecule has 0 spiro atoms. The molecular formula is C21H22N4O2. The lowest BCUT2D eigenvalue weighted by molar-refractivity contribution is 0.174. The number of rotatable bonds is 5. The van der Waals surface area contributed by atoms with Gasteiger partial charge in [-0.2, -0.15) is 5.10 Å². The molecule has 1 aliphatic heterocycles. The summed E-state index contributed by atoms with van der Waals surface area (Å²) in [6, 6.07) is 16.3. The van der Waals surface area contributed by atoms with E-state index in [0.717, 1.165) is 34.4 Å². The lowest BCUT2D eigenvalue weighted by atomic mass is 10.0. The van der Waals surface area contributed by atoms with E-state index in [9.17, 15) is 0 Å². The molecule has 6 heteroatoms. The third-order valence-corrected chi connectivity index (χ3v) is 5.07. The first-order valence-corrected chi connectivity index (χ1v) is 9.29. The molecule has 1 aliphatic carbocycles. The number of aromatic nitrogens is 3. The molecule has 0 N–H and O–H groups in total. The van der Waals surface area contributed by atoms with E-state index in [1.54, 1.807) is 0 Å². The number of hydrogen-bond acceptors (Lipinski definition) is 5. The van der Waals surface area contributed by atoms with Crippen LogP contribution in [0.15, 0.2) is 48.5 Å². The second-order valence-electron chi connectivity index (χ2n) is 7.33. The van der Waals surface area contributed by atoms with Crippen LogP contribution in [0.2, 0.25) is 0 Å². The minimum Gasteiger partial charge on any atom is -0.454 e. The number of fused-ring (bicyclic) bond motifs is 1. The van der Waals surface area contributed by atoms with Crippen LogP contribution in [0.3, 0.4) is 0 Å². The molecule has 2 heterocycles. The van der Waals surface area contributed by atoms with Crippen molar-refractivity contribution in [3.63, 3.8) is 0 Å². The summed E-state index contributed by atoms with van der Waals surface area (Å²) in [5.41, 5.74) is 2.13. The summed E-state index contributed by atoms with van der Waals surface area (Å²) in [6.45, 7) is 0.275. The number of benzene rings is 2. The standard InChI is InChI=1S/C21H22N4O2/c1-24(2)19(15-10-11-17-18(12-15)27-13-26-17)21-22-20(14-8-9-14)23-25(21)16-6-4-3-5-7-16/h3-7,10-12,14,19H,8-9,13H2,1-2H3/t19-/m1/s1. The maximum absolute atomic E-state index is 5.59. The predicted octanol–water partition coefficient (Wildman–Crippen LogP) is 3.52. The second-order valence-corrected chi connectivity index (χ2v) is 7.33. The van der Waals surface area contributed by atoms with Gasteiger partial charge in [0.15, 0.2) is 23.1 Å². The molecule has 1 atom stereocenters. The third-order valence-electron chi connectivity index (χ3n) is 5.07. The van der Waals surface area contributed by atoms with Crippen LogP contribution in [0.25, 0.3) is 5.69 Å². The van der Waals surface area contributed by atoms with Gasteiger partial charge in [0, 0.05) is 5.92 Å². The fourth-order valence-electron chi connectivity index (χ4n) is 3.55. The van der Waals surface area contributed by atoms with Gasteiger partial charge < -0.3 is 9.47 Å². The smallest absolute Gasteiger partial charge is 0.231 e. The Bertz CT molecular complexity index is 964. The maximum Gasteiger partial charge on any atom is 0.231 e. The Morgan fingerprint density at radius 2 is 1.81 bits per heavy atom. The van der Waals surface area contributed by atoms with Crippen LogP contribution in [-0.2, 0) is 0 Å². The van der Waals surface area contributed by atoms with Crippen molar-refractivity contribution in [3.8, 4) is 17.2 Å². The summed E-state index contributed by atoms with van der Waals surface area (Å²) in [6.07, 6.45) is 2.35. The molecule has 0 amide bonds. The molecule has 1 aromatic heterocycles. The van der Waals surface area contributed by atoms with Crippen molar-refractivity contribution >= 4 is 0 Å². The van der Waals surface area contributed by atoms with Gasteiger partial charge in [-0.15, -0.1) is 0 Å². The van der Waals surface area contributed by atoms with Crippen LogP contribution in [0.1, 0.15) is 42.0 Å². The lowest BCUT2D eigenvalue weighted by Crippen LogP contribution is -2.24. The Morgan fingerprint density at radius 1 is 1.04 bits per heavy atom. The zero-order chi connectivity index (χ0) is 18.4. The van der Waals surface area contributed by atoms with E-state index < -0.39 is 0 Å². The van der Waals surface area contributed by atoms with Crippen molar-refractivity contribution in [1.82, 2.24) is 19.7 Å². The molecule has 2 aliphatic rings. The monoisotopic (exact) mass is 362 g/mol. The molecule has 0 saturated heterocycles. The quantitative estimate of drug-likeness (QED) is 0.695. The highest BCUT2D eigenvalue weighted by Crippen LogP contribution is 2.41. The fourth-order valence-corrected chi connectivity index (χ4v) is 3.55. The SMILES string of the molecule is CN(C)[C@H](c1ccc2c(c1)OCO2)c1nc(C2CC2)nn1-c1ccccc1. The molecule has 0 unspecified atom stereocenters. The highest BCUT2D eigenvalue weighted by molar-refractivity contribution is 5.47. The Labute approximate surface area is 158 Å². The minimum absolute atomic E-state index is 0.0419. The van der Waals surface area contributed by atoms with E-state index in [1.165, 1.54) is 12.8 Å². The van der Waals surface area contributed by atoms with Crippen LogP contribution in [-0.4, -0.2) is 40.6 Å². The van der Waals surface area contributed by atoms with Gasteiger partial charge in [-0.1, -0.05) is 24.3 Å². The van der Waals surface area contributed by atoms with Gasteiger partial charge in [-0.25, -0.2) is 9.67 Å². The molecular weight excluding hydrogens is 340 g/mol. The first-order valence-electron chi connectivity index (χ1n) is 9.29. The third kappa shape index (κ3) is 2.96. The average Bonchev–Trinajstić information content (AvgIpc) is 3.27. The van der Waals surface area contributed by atoms with Crippen molar-refractivity contribution in [2.45, 2.75) is 24.8 Å². The zero-order valence-electron chi connectivity index (χ0n) is 15.5. The van der Waals surface area contributed by atoms with Gasteiger partial charge in [0.05, 0.1) is 11.7 Å². The van der Waals surface area contributed by atoms with Crippen molar-refractivity contribution in [2.24, 2.45) is 0 Å². The van der Waals surface area contributed by atoms with Gasteiger partial charge in [0.2, 0.25) is 6.79 Å². The topological polar surface area (TPSA) is 52.4 Å². The van der Waals surface area contributed by atoms with Crippen molar-refractivity contribution in [2.75, 3.05) is 20.9 Å².